The van der Waals surface area contributed by atoms with Crippen molar-refractivity contribution < 1.29 is 9.59 Å². The fourth-order valence-corrected chi connectivity index (χ4v) is 3.40. The third-order valence-corrected chi connectivity index (χ3v) is 5.18. The number of nitrogens with zero attached hydrogens (tertiary/aromatic N) is 1. The first-order valence-corrected chi connectivity index (χ1v) is 9.98. The summed E-state index contributed by atoms with van der Waals surface area (Å²) in [5.41, 5.74) is 3.01. The lowest BCUT2D eigenvalue weighted by Crippen LogP contribution is -2.17. The Labute approximate surface area is 172 Å². The number of aryl methyl sites for hydroxylation is 1. The molecular formula is C21H20ClN3O2S. The Bertz CT molecular complexity index is 995. The molecule has 1 heterocycles. The van der Waals surface area contributed by atoms with Crippen LogP contribution >= 0.6 is 22.9 Å². The summed E-state index contributed by atoms with van der Waals surface area (Å²) in [6.07, 6.45) is 0. The number of hydrogen-bond donors (Lipinski definition) is 2. The lowest BCUT2D eigenvalue weighted by Gasteiger charge is -2.06. The van der Waals surface area contributed by atoms with E-state index >= 15 is 0 Å². The lowest BCUT2D eigenvalue weighted by atomic mass is 10.1. The van der Waals surface area contributed by atoms with Crippen LogP contribution in [0.1, 0.15) is 29.8 Å². The molecule has 0 radical (unpaired) electrons. The second-order valence-electron chi connectivity index (χ2n) is 6.67. The van der Waals surface area contributed by atoms with Crippen LogP contribution in [0.15, 0.2) is 48.5 Å². The molecule has 28 heavy (non-hydrogen) atoms. The maximum absolute atomic E-state index is 12.7. The van der Waals surface area contributed by atoms with Crippen molar-refractivity contribution in [3.8, 4) is 11.3 Å². The molecule has 5 nitrogen and oxygen atoms in total. The van der Waals surface area contributed by atoms with Gasteiger partial charge in [0.05, 0.1) is 0 Å². The molecule has 0 unspecified atom stereocenters. The minimum atomic E-state index is -0.236. The zero-order valence-electron chi connectivity index (χ0n) is 15.7. The zero-order chi connectivity index (χ0) is 20.3. The van der Waals surface area contributed by atoms with Gasteiger partial charge in [0.25, 0.3) is 5.91 Å². The number of anilines is 2. The van der Waals surface area contributed by atoms with Crippen LogP contribution in [-0.2, 0) is 4.79 Å². The predicted molar refractivity (Wildman–Crippen MR) is 115 cm³/mol. The Hall–Kier alpha value is -2.70. The third-order valence-electron chi connectivity index (χ3n) is 4.04. The molecule has 0 bridgehead atoms. The second-order valence-corrected chi connectivity index (χ2v) is 8.10. The number of halogens is 1. The number of amides is 2. The third kappa shape index (κ3) is 4.77. The first kappa shape index (κ1) is 20.0. The number of carbonyl (C=O) groups excluding carboxylic acids is 2. The molecule has 0 saturated heterocycles. The average molecular weight is 414 g/mol. The SMILES string of the molecule is Cc1ccc(C(=O)Nc2sc(NC(=O)C(C)C)nc2-c2ccc(Cl)cc2)cc1. The summed E-state index contributed by atoms with van der Waals surface area (Å²) in [7, 11) is 0. The number of rotatable bonds is 5. The van der Waals surface area contributed by atoms with Crippen LogP contribution in [-0.4, -0.2) is 16.8 Å². The van der Waals surface area contributed by atoms with E-state index in [1.807, 2.05) is 45.0 Å². The highest BCUT2D eigenvalue weighted by atomic mass is 35.5. The van der Waals surface area contributed by atoms with Gasteiger partial charge in [0.2, 0.25) is 5.91 Å². The molecule has 0 aliphatic carbocycles. The first-order valence-electron chi connectivity index (χ1n) is 8.79. The summed E-state index contributed by atoms with van der Waals surface area (Å²) >= 11 is 7.20. The Kier molecular flexibility index (Phi) is 6.11. The molecule has 2 amide bonds. The fraction of sp³-hybridized carbons (Fsp3) is 0.190. The molecule has 144 valence electrons. The van der Waals surface area contributed by atoms with Gasteiger partial charge in [-0.25, -0.2) is 4.98 Å². The van der Waals surface area contributed by atoms with Crippen molar-refractivity contribution in [1.29, 1.82) is 0 Å². The molecule has 0 aliphatic rings. The highest BCUT2D eigenvalue weighted by molar-refractivity contribution is 7.20. The Morgan fingerprint density at radius 1 is 1.00 bits per heavy atom. The van der Waals surface area contributed by atoms with Crippen molar-refractivity contribution in [2.45, 2.75) is 20.8 Å². The smallest absolute Gasteiger partial charge is 0.256 e. The van der Waals surface area contributed by atoms with Crippen molar-refractivity contribution in [2.24, 2.45) is 5.92 Å². The van der Waals surface area contributed by atoms with Crippen molar-refractivity contribution >= 4 is 44.9 Å². The van der Waals surface area contributed by atoms with E-state index in [9.17, 15) is 9.59 Å². The molecule has 0 saturated carbocycles. The van der Waals surface area contributed by atoms with Crippen molar-refractivity contribution in [2.75, 3.05) is 10.6 Å². The van der Waals surface area contributed by atoms with Crippen LogP contribution in [0.2, 0.25) is 5.02 Å². The monoisotopic (exact) mass is 413 g/mol. The standard InChI is InChI=1S/C21H20ClN3O2S/c1-12(2)18(26)25-21-23-17(14-8-10-16(22)11-9-14)20(28-21)24-19(27)15-6-4-13(3)5-7-15/h4-12H,1-3H3,(H,24,27)(H,23,25,26). The van der Waals surface area contributed by atoms with E-state index in [0.717, 1.165) is 11.1 Å². The Morgan fingerprint density at radius 3 is 2.25 bits per heavy atom. The number of nitrogens with one attached hydrogen (secondary N) is 2. The van der Waals surface area contributed by atoms with Crippen LogP contribution in [0.25, 0.3) is 11.3 Å². The van der Waals surface area contributed by atoms with Gasteiger partial charge < -0.3 is 10.6 Å². The van der Waals surface area contributed by atoms with Gasteiger partial charge in [0, 0.05) is 22.1 Å². The summed E-state index contributed by atoms with van der Waals surface area (Å²) in [5, 5.41) is 7.31. The summed E-state index contributed by atoms with van der Waals surface area (Å²) in [4.78, 5) is 29.2. The van der Waals surface area contributed by atoms with Crippen LogP contribution < -0.4 is 10.6 Å². The predicted octanol–water partition coefficient (Wildman–Crippen LogP) is 5.62. The van der Waals surface area contributed by atoms with E-state index in [2.05, 4.69) is 15.6 Å². The van der Waals surface area contributed by atoms with E-state index in [-0.39, 0.29) is 17.7 Å². The van der Waals surface area contributed by atoms with Gasteiger partial charge >= 0.3 is 0 Å². The number of thiazole rings is 1. The van der Waals surface area contributed by atoms with Gasteiger partial charge in [0.1, 0.15) is 10.7 Å². The van der Waals surface area contributed by atoms with Crippen LogP contribution in [0.4, 0.5) is 10.1 Å². The second kappa shape index (κ2) is 8.54. The summed E-state index contributed by atoms with van der Waals surface area (Å²) in [5.74, 6) is -0.540. The maximum Gasteiger partial charge on any atom is 0.256 e. The minimum absolute atomic E-state index is 0.132. The van der Waals surface area contributed by atoms with E-state index in [4.69, 9.17) is 11.6 Å². The fourth-order valence-electron chi connectivity index (χ4n) is 2.39. The summed E-state index contributed by atoms with van der Waals surface area (Å²) in [6.45, 7) is 5.58. The highest BCUT2D eigenvalue weighted by Crippen LogP contribution is 2.36. The highest BCUT2D eigenvalue weighted by Gasteiger charge is 2.18. The lowest BCUT2D eigenvalue weighted by molar-refractivity contribution is -0.118. The number of aromatic nitrogens is 1. The van der Waals surface area contributed by atoms with E-state index in [1.165, 1.54) is 11.3 Å². The first-order chi connectivity index (χ1) is 13.3. The topological polar surface area (TPSA) is 71.1 Å². The molecule has 1 aromatic heterocycles. The normalized spacial score (nSPS) is 10.8. The van der Waals surface area contributed by atoms with Crippen LogP contribution in [0.3, 0.4) is 0 Å². The maximum atomic E-state index is 12.7. The molecule has 7 heteroatoms. The molecule has 2 aromatic carbocycles. The quantitative estimate of drug-likeness (QED) is 0.570. The van der Waals surface area contributed by atoms with Gasteiger partial charge in [0.15, 0.2) is 5.13 Å². The van der Waals surface area contributed by atoms with Gasteiger partial charge in [-0.15, -0.1) is 0 Å². The molecule has 0 fully saturated rings. The molecule has 0 atom stereocenters. The van der Waals surface area contributed by atoms with E-state index in [0.29, 0.717) is 26.4 Å². The number of hydrogen-bond acceptors (Lipinski definition) is 4. The molecular weight excluding hydrogens is 394 g/mol. The van der Waals surface area contributed by atoms with Crippen LogP contribution in [0, 0.1) is 12.8 Å². The van der Waals surface area contributed by atoms with Gasteiger partial charge in [-0.2, -0.15) is 0 Å². The minimum Gasteiger partial charge on any atom is -0.312 e. The largest absolute Gasteiger partial charge is 0.312 e. The molecule has 0 spiro atoms. The molecule has 3 aromatic rings. The van der Waals surface area contributed by atoms with E-state index in [1.54, 1.807) is 24.3 Å². The number of benzene rings is 2. The van der Waals surface area contributed by atoms with Gasteiger partial charge in [-0.3, -0.25) is 9.59 Å². The summed E-state index contributed by atoms with van der Waals surface area (Å²) < 4.78 is 0. The Balaban J connectivity index is 1.93. The van der Waals surface area contributed by atoms with Crippen molar-refractivity contribution in [1.82, 2.24) is 4.98 Å². The van der Waals surface area contributed by atoms with Crippen LogP contribution in [0.5, 0.6) is 0 Å². The summed E-state index contributed by atoms with van der Waals surface area (Å²) in [6, 6.07) is 14.5. The van der Waals surface area contributed by atoms with Crippen molar-refractivity contribution in [3.05, 3.63) is 64.7 Å². The number of carbonyl (C=O) groups is 2. The molecule has 0 aliphatic heterocycles. The van der Waals surface area contributed by atoms with Gasteiger partial charge in [-0.05, 0) is 31.2 Å². The average Bonchev–Trinajstić information content (AvgIpc) is 3.04. The zero-order valence-corrected chi connectivity index (χ0v) is 17.3. The Morgan fingerprint density at radius 2 is 1.64 bits per heavy atom. The molecule has 3 rings (SSSR count). The van der Waals surface area contributed by atoms with E-state index < -0.39 is 0 Å². The van der Waals surface area contributed by atoms with Crippen molar-refractivity contribution in [3.63, 3.8) is 0 Å². The molecule has 2 N–H and O–H groups in total. The van der Waals surface area contributed by atoms with Gasteiger partial charge in [-0.1, -0.05) is 66.6 Å².